The Labute approximate surface area is 99.9 Å². The molecule has 0 aromatic carbocycles. The van der Waals surface area contributed by atoms with Crippen LogP contribution in [0, 0.1) is 5.41 Å². The zero-order valence-electron chi connectivity index (χ0n) is 10.7. The fourth-order valence-electron chi connectivity index (χ4n) is 2.92. The minimum absolute atomic E-state index is 0.535. The average Bonchev–Trinajstić information content (AvgIpc) is 2.56. The van der Waals surface area contributed by atoms with Gasteiger partial charge in [0.15, 0.2) is 0 Å². The molecule has 0 saturated heterocycles. The summed E-state index contributed by atoms with van der Waals surface area (Å²) >= 11 is 0. The summed E-state index contributed by atoms with van der Waals surface area (Å²) in [6, 6.07) is 0. The summed E-state index contributed by atoms with van der Waals surface area (Å²) < 4.78 is 0. The lowest BCUT2D eigenvalue weighted by molar-refractivity contribution is 0.217. The van der Waals surface area contributed by atoms with E-state index in [1.807, 2.05) is 0 Å². The fourth-order valence-corrected chi connectivity index (χ4v) is 2.92. The van der Waals surface area contributed by atoms with Crippen molar-refractivity contribution in [3.63, 3.8) is 0 Å². The van der Waals surface area contributed by atoms with Crippen molar-refractivity contribution in [1.29, 1.82) is 0 Å². The molecule has 92 valence electrons. The summed E-state index contributed by atoms with van der Waals surface area (Å²) in [6.07, 6.45) is 12.2. The molecule has 2 heteroatoms. The number of nitrogens with zero attached hydrogens (tertiary/aromatic N) is 1. The van der Waals surface area contributed by atoms with Gasteiger partial charge in [0, 0.05) is 19.5 Å². The molecule has 0 unspecified atom stereocenters. The topological polar surface area (TPSA) is 24.4 Å². The Hall–Kier alpha value is -0.530. The molecule has 0 radical (unpaired) electrons. The van der Waals surface area contributed by atoms with E-state index in [9.17, 15) is 0 Å². The third kappa shape index (κ3) is 3.50. The maximum Gasteiger partial charge on any atom is 0.0963 e. The molecule has 0 spiro atoms. The molecule has 1 N–H and O–H groups in total. The van der Waals surface area contributed by atoms with Crippen LogP contribution in [0.5, 0.6) is 0 Å². The van der Waals surface area contributed by atoms with Crippen molar-refractivity contribution in [3.05, 3.63) is 0 Å². The molecule has 0 aromatic rings. The van der Waals surface area contributed by atoms with Gasteiger partial charge in [0.2, 0.25) is 0 Å². The van der Waals surface area contributed by atoms with Gasteiger partial charge < -0.3 is 5.32 Å². The summed E-state index contributed by atoms with van der Waals surface area (Å²) in [6.45, 7) is 4.63. The molecule has 0 amide bonds. The SMILES string of the molecule is CC1(CNC2=NCCCCC2)CCCCC1. The van der Waals surface area contributed by atoms with Crippen LogP contribution in [0.25, 0.3) is 0 Å². The van der Waals surface area contributed by atoms with Crippen molar-refractivity contribution < 1.29 is 0 Å². The first-order valence-corrected chi connectivity index (χ1v) is 7.06. The monoisotopic (exact) mass is 222 g/mol. The Bertz CT molecular complexity index is 239. The normalized spacial score (nSPS) is 25.7. The lowest BCUT2D eigenvalue weighted by Gasteiger charge is -2.34. The predicted octanol–water partition coefficient (Wildman–Crippen LogP) is 3.52. The summed E-state index contributed by atoms with van der Waals surface area (Å²) in [5.74, 6) is 1.28. The molecule has 1 heterocycles. The van der Waals surface area contributed by atoms with Gasteiger partial charge in [0.05, 0.1) is 5.84 Å². The quantitative estimate of drug-likeness (QED) is 0.759. The van der Waals surface area contributed by atoms with E-state index in [1.54, 1.807) is 0 Å². The van der Waals surface area contributed by atoms with Gasteiger partial charge in [-0.05, 0) is 31.1 Å². The second kappa shape index (κ2) is 5.70. The molecule has 1 saturated carbocycles. The van der Waals surface area contributed by atoms with Gasteiger partial charge in [-0.1, -0.05) is 32.6 Å². The van der Waals surface area contributed by atoms with Gasteiger partial charge in [0.25, 0.3) is 0 Å². The minimum atomic E-state index is 0.535. The number of hydrogen-bond acceptors (Lipinski definition) is 2. The van der Waals surface area contributed by atoms with Crippen molar-refractivity contribution in [1.82, 2.24) is 5.32 Å². The summed E-state index contributed by atoms with van der Waals surface area (Å²) in [5, 5.41) is 3.62. The maximum atomic E-state index is 4.64. The van der Waals surface area contributed by atoms with E-state index in [0.29, 0.717) is 5.41 Å². The second-order valence-electron chi connectivity index (χ2n) is 5.86. The number of nitrogens with one attached hydrogen (secondary N) is 1. The smallest absolute Gasteiger partial charge is 0.0963 e. The van der Waals surface area contributed by atoms with Crippen LogP contribution in [-0.4, -0.2) is 18.9 Å². The molecule has 0 aromatic heterocycles. The molecular weight excluding hydrogens is 196 g/mol. The summed E-state index contributed by atoms with van der Waals surface area (Å²) in [5.41, 5.74) is 0.535. The van der Waals surface area contributed by atoms with E-state index in [-0.39, 0.29) is 0 Å². The van der Waals surface area contributed by atoms with Crippen molar-refractivity contribution >= 4 is 5.84 Å². The van der Waals surface area contributed by atoms with Crippen molar-refractivity contribution in [3.8, 4) is 0 Å². The number of amidine groups is 1. The highest BCUT2D eigenvalue weighted by molar-refractivity contribution is 5.82. The molecule has 2 aliphatic rings. The van der Waals surface area contributed by atoms with Gasteiger partial charge in [0.1, 0.15) is 0 Å². The molecule has 2 rings (SSSR count). The van der Waals surface area contributed by atoms with E-state index in [4.69, 9.17) is 0 Å². The number of hydrogen-bond donors (Lipinski definition) is 1. The molecule has 1 aliphatic carbocycles. The molecular formula is C14H26N2. The van der Waals surface area contributed by atoms with Crippen molar-refractivity contribution in [2.45, 2.75) is 64.7 Å². The lowest BCUT2D eigenvalue weighted by Crippen LogP contribution is -2.37. The standard InChI is InChI=1S/C14H26N2/c1-14(9-5-3-6-10-14)12-16-13-8-4-2-7-11-15-13/h2-12H2,1H3,(H,15,16). The first kappa shape index (κ1) is 11.9. The van der Waals surface area contributed by atoms with E-state index in [0.717, 1.165) is 13.1 Å². The average molecular weight is 222 g/mol. The number of rotatable bonds is 2. The fraction of sp³-hybridized carbons (Fsp3) is 0.929. The Balaban J connectivity index is 1.78. The van der Waals surface area contributed by atoms with E-state index < -0.39 is 0 Å². The molecule has 16 heavy (non-hydrogen) atoms. The molecule has 1 fully saturated rings. The molecule has 2 nitrogen and oxygen atoms in total. The summed E-state index contributed by atoms with van der Waals surface area (Å²) in [7, 11) is 0. The highest BCUT2D eigenvalue weighted by Crippen LogP contribution is 2.34. The lowest BCUT2D eigenvalue weighted by atomic mass is 9.76. The van der Waals surface area contributed by atoms with E-state index >= 15 is 0 Å². The van der Waals surface area contributed by atoms with Crippen LogP contribution in [0.4, 0.5) is 0 Å². The maximum absolute atomic E-state index is 4.64. The largest absolute Gasteiger partial charge is 0.373 e. The molecule has 0 bridgehead atoms. The third-order valence-electron chi connectivity index (χ3n) is 4.15. The summed E-state index contributed by atoms with van der Waals surface area (Å²) in [4.78, 5) is 4.64. The van der Waals surface area contributed by atoms with Gasteiger partial charge >= 0.3 is 0 Å². The first-order valence-electron chi connectivity index (χ1n) is 7.06. The zero-order valence-corrected chi connectivity index (χ0v) is 10.7. The first-order chi connectivity index (χ1) is 7.79. The highest BCUT2D eigenvalue weighted by Gasteiger charge is 2.26. The Morgan fingerprint density at radius 1 is 1.06 bits per heavy atom. The minimum Gasteiger partial charge on any atom is -0.373 e. The molecule has 1 aliphatic heterocycles. The van der Waals surface area contributed by atoms with Gasteiger partial charge in [-0.25, -0.2) is 0 Å². The number of aliphatic imine (C=N–C) groups is 1. The van der Waals surface area contributed by atoms with Crippen molar-refractivity contribution in [2.75, 3.05) is 13.1 Å². The Morgan fingerprint density at radius 3 is 2.62 bits per heavy atom. The van der Waals surface area contributed by atoms with Crippen LogP contribution in [0.1, 0.15) is 64.7 Å². The van der Waals surface area contributed by atoms with Crippen LogP contribution in [0.15, 0.2) is 4.99 Å². The van der Waals surface area contributed by atoms with Crippen molar-refractivity contribution in [2.24, 2.45) is 10.4 Å². The molecule has 0 atom stereocenters. The highest BCUT2D eigenvalue weighted by atomic mass is 15.0. The van der Waals surface area contributed by atoms with Gasteiger partial charge in [-0.3, -0.25) is 4.99 Å². The second-order valence-corrected chi connectivity index (χ2v) is 5.86. The van der Waals surface area contributed by atoms with Gasteiger partial charge in [-0.2, -0.15) is 0 Å². The Kier molecular flexibility index (Phi) is 4.25. The Morgan fingerprint density at radius 2 is 1.81 bits per heavy atom. The van der Waals surface area contributed by atoms with Crippen LogP contribution in [0.2, 0.25) is 0 Å². The van der Waals surface area contributed by atoms with Crippen LogP contribution in [0.3, 0.4) is 0 Å². The zero-order chi connectivity index (χ0) is 11.3. The third-order valence-corrected chi connectivity index (χ3v) is 4.15. The van der Waals surface area contributed by atoms with Crippen LogP contribution in [-0.2, 0) is 0 Å². The van der Waals surface area contributed by atoms with Crippen LogP contribution >= 0.6 is 0 Å². The van der Waals surface area contributed by atoms with E-state index in [2.05, 4.69) is 17.2 Å². The predicted molar refractivity (Wildman–Crippen MR) is 70.0 cm³/mol. The van der Waals surface area contributed by atoms with Crippen LogP contribution < -0.4 is 5.32 Å². The van der Waals surface area contributed by atoms with Gasteiger partial charge in [-0.15, -0.1) is 0 Å². The van der Waals surface area contributed by atoms with E-state index in [1.165, 1.54) is 63.6 Å².